The van der Waals surface area contributed by atoms with Crippen LogP contribution in [-0.4, -0.2) is 5.92 Å². The molecule has 20 heavy (non-hydrogen) atoms. The topological polar surface area (TPSA) is 0 Å². The summed E-state index contributed by atoms with van der Waals surface area (Å²) in [5.74, 6) is -2.80. The summed E-state index contributed by atoms with van der Waals surface area (Å²) in [6.45, 7) is 4.42. The van der Waals surface area contributed by atoms with E-state index in [2.05, 4.69) is 38.1 Å². The number of halogens is 2. The lowest BCUT2D eigenvalue weighted by Gasteiger charge is -2.34. The molecular formula is C18H24F2. The molecule has 0 N–H and O–H groups in total. The second-order valence-corrected chi connectivity index (χ2v) is 6.98. The van der Waals surface area contributed by atoms with Crippen molar-refractivity contribution in [3.8, 4) is 0 Å². The molecule has 0 bridgehead atoms. The molecule has 4 unspecified atom stereocenters. The first kappa shape index (κ1) is 14.0. The monoisotopic (exact) mass is 278 g/mol. The van der Waals surface area contributed by atoms with Crippen molar-refractivity contribution < 1.29 is 8.78 Å². The normalized spacial score (nSPS) is 34.1. The molecule has 0 spiro atoms. The van der Waals surface area contributed by atoms with Crippen molar-refractivity contribution in [1.29, 1.82) is 0 Å². The summed E-state index contributed by atoms with van der Waals surface area (Å²) in [6, 6.07) is 10.4. The van der Waals surface area contributed by atoms with Crippen molar-refractivity contribution in [3.63, 3.8) is 0 Å². The summed E-state index contributed by atoms with van der Waals surface area (Å²) in [7, 11) is 0. The van der Waals surface area contributed by atoms with E-state index in [0.29, 0.717) is 0 Å². The van der Waals surface area contributed by atoms with Gasteiger partial charge in [-0.2, -0.15) is 0 Å². The SMILES string of the molecule is CCC(C)(CC1CCCC2C1C2(F)F)c1ccccc1. The van der Waals surface area contributed by atoms with E-state index >= 15 is 0 Å². The Kier molecular flexibility index (Phi) is 3.38. The molecule has 0 amide bonds. The van der Waals surface area contributed by atoms with Crippen molar-refractivity contribution in [2.75, 3.05) is 0 Å². The summed E-state index contributed by atoms with van der Waals surface area (Å²) >= 11 is 0. The van der Waals surface area contributed by atoms with E-state index < -0.39 is 5.92 Å². The molecular weight excluding hydrogens is 254 g/mol. The van der Waals surface area contributed by atoms with Gasteiger partial charge in [-0.25, -0.2) is 8.78 Å². The van der Waals surface area contributed by atoms with E-state index in [1.54, 1.807) is 0 Å². The average Bonchev–Trinajstić information content (AvgIpc) is 3.03. The Bertz CT molecular complexity index is 468. The van der Waals surface area contributed by atoms with E-state index in [-0.39, 0.29) is 23.2 Å². The standard InChI is InChI=1S/C18H24F2/c1-3-17(2,14-9-5-4-6-10-14)12-13-8-7-11-15-16(13)18(15,19)20/h4-6,9-10,13,15-16H,3,7-8,11-12H2,1-2H3. The first-order valence-corrected chi connectivity index (χ1v) is 7.92. The van der Waals surface area contributed by atoms with Crippen LogP contribution in [0, 0.1) is 17.8 Å². The van der Waals surface area contributed by atoms with Crippen LogP contribution in [0.2, 0.25) is 0 Å². The van der Waals surface area contributed by atoms with Gasteiger partial charge < -0.3 is 0 Å². The maximum absolute atomic E-state index is 13.8. The lowest BCUT2D eigenvalue weighted by molar-refractivity contribution is 0.0734. The van der Waals surface area contributed by atoms with Gasteiger partial charge >= 0.3 is 0 Å². The predicted molar refractivity (Wildman–Crippen MR) is 78.0 cm³/mol. The van der Waals surface area contributed by atoms with Crippen LogP contribution in [0.4, 0.5) is 8.78 Å². The maximum Gasteiger partial charge on any atom is 0.254 e. The van der Waals surface area contributed by atoms with Crippen molar-refractivity contribution >= 4 is 0 Å². The average molecular weight is 278 g/mol. The molecule has 110 valence electrons. The van der Waals surface area contributed by atoms with Crippen LogP contribution in [0.1, 0.15) is 51.5 Å². The van der Waals surface area contributed by atoms with Crippen LogP contribution in [0.3, 0.4) is 0 Å². The molecule has 1 aromatic carbocycles. The quantitative estimate of drug-likeness (QED) is 0.689. The van der Waals surface area contributed by atoms with Gasteiger partial charge in [0, 0.05) is 11.8 Å². The molecule has 0 heterocycles. The zero-order valence-electron chi connectivity index (χ0n) is 12.4. The second kappa shape index (κ2) is 4.82. The zero-order valence-corrected chi connectivity index (χ0v) is 12.4. The van der Waals surface area contributed by atoms with Crippen LogP contribution >= 0.6 is 0 Å². The molecule has 0 nitrogen and oxygen atoms in total. The molecule has 2 saturated carbocycles. The minimum Gasteiger partial charge on any atom is -0.206 e. The highest BCUT2D eigenvalue weighted by Gasteiger charge is 2.71. The van der Waals surface area contributed by atoms with Gasteiger partial charge in [0.05, 0.1) is 0 Å². The fourth-order valence-corrected chi connectivity index (χ4v) is 4.33. The van der Waals surface area contributed by atoms with E-state index in [9.17, 15) is 8.78 Å². The Hall–Kier alpha value is -0.920. The largest absolute Gasteiger partial charge is 0.254 e. The number of benzene rings is 1. The fourth-order valence-electron chi connectivity index (χ4n) is 4.33. The highest BCUT2D eigenvalue weighted by molar-refractivity contribution is 5.25. The highest BCUT2D eigenvalue weighted by Crippen LogP contribution is 2.66. The lowest BCUT2D eigenvalue weighted by atomic mass is 9.70. The molecule has 2 aliphatic carbocycles. The lowest BCUT2D eigenvalue weighted by Crippen LogP contribution is -2.27. The third-order valence-electron chi connectivity index (χ3n) is 5.82. The van der Waals surface area contributed by atoms with Crippen LogP contribution in [0.5, 0.6) is 0 Å². The Labute approximate surface area is 120 Å². The third kappa shape index (κ3) is 2.17. The molecule has 0 aromatic heterocycles. The molecule has 2 heteroatoms. The first-order chi connectivity index (χ1) is 9.49. The minimum atomic E-state index is -2.37. The number of hydrogen-bond acceptors (Lipinski definition) is 0. The molecule has 0 radical (unpaired) electrons. The van der Waals surface area contributed by atoms with Gasteiger partial charge in [-0.1, -0.05) is 50.6 Å². The summed E-state index contributed by atoms with van der Waals surface area (Å²) in [5, 5.41) is 0. The Balaban J connectivity index is 1.79. The van der Waals surface area contributed by atoms with Gasteiger partial charge in [-0.05, 0) is 42.6 Å². The molecule has 2 fully saturated rings. The fraction of sp³-hybridized carbons (Fsp3) is 0.667. The predicted octanol–water partition coefficient (Wildman–Crippen LogP) is 5.43. The molecule has 3 rings (SSSR count). The van der Waals surface area contributed by atoms with Crippen LogP contribution in [0.15, 0.2) is 30.3 Å². The minimum absolute atomic E-state index is 0.0342. The Morgan fingerprint density at radius 3 is 2.55 bits per heavy atom. The van der Waals surface area contributed by atoms with E-state index in [1.807, 2.05) is 6.07 Å². The maximum atomic E-state index is 13.8. The van der Waals surface area contributed by atoms with Gasteiger partial charge in [0.2, 0.25) is 0 Å². The van der Waals surface area contributed by atoms with Gasteiger partial charge in [-0.3, -0.25) is 0 Å². The van der Waals surface area contributed by atoms with E-state index in [0.717, 1.165) is 32.1 Å². The van der Waals surface area contributed by atoms with Crippen molar-refractivity contribution in [2.45, 2.75) is 57.3 Å². The van der Waals surface area contributed by atoms with Crippen molar-refractivity contribution in [2.24, 2.45) is 17.8 Å². The highest BCUT2D eigenvalue weighted by atomic mass is 19.3. The number of hydrogen-bond donors (Lipinski definition) is 0. The van der Waals surface area contributed by atoms with Crippen molar-refractivity contribution in [3.05, 3.63) is 35.9 Å². The van der Waals surface area contributed by atoms with Crippen molar-refractivity contribution in [1.82, 2.24) is 0 Å². The Morgan fingerprint density at radius 2 is 1.90 bits per heavy atom. The number of fused-ring (bicyclic) bond motifs is 1. The molecule has 1 aromatic rings. The van der Waals surface area contributed by atoms with E-state index in [1.165, 1.54) is 5.56 Å². The van der Waals surface area contributed by atoms with Gasteiger partial charge in [0.1, 0.15) is 0 Å². The zero-order chi connectivity index (χ0) is 14.4. The molecule has 0 saturated heterocycles. The summed E-state index contributed by atoms with van der Waals surface area (Å²) < 4.78 is 27.7. The summed E-state index contributed by atoms with van der Waals surface area (Å²) in [4.78, 5) is 0. The van der Waals surface area contributed by atoms with Crippen LogP contribution < -0.4 is 0 Å². The number of rotatable bonds is 4. The third-order valence-corrected chi connectivity index (χ3v) is 5.82. The first-order valence-electron chi connectivity index (χ1n) is 7.92. The second-order valence-electron chi connectivity index (χ2n) is 6.98. The summed E-state index contributed by atoms with van der Waals surface area (Å²) in [6.07, 6.45) is 4.62. The van der Waals surface area contributed by atoms with Gasteiger partial charge in [0.15, 0.2) is 0 Å². The Morgan fingerprint density at radius 1 is 1.20 bits per heavy atom. The molecule has 4 atom stereocenters. The number of alkyl halides is 2. The molecule has 2 aliphatic rings. The van der Waals surface area contributed by atoms with Gasteiger partial charge in [-0.15, -0.1) is 0 Å². The smallest absolute Gasteiger partial charge is 0.206 e. The summed E-state index contributed by atoms with van der Waals surface area (Å²) in [5.41, 5.74) is 1.33. The van der Waals surface area contributed by atoms with Crippen LogP contribution in [-0.2, 0) is 5.41 Å². The van der Waals surface area contributed by atoms with E-state index in [4.69, 9.17) is 0 Å². The van der Waals surface area contributed by atoms with Crippen LogP contribution in [0.25, 0.3) is 0 Å². The molecule has 0 aliphatic heterocycles. The van der Waals surface area contributed by atoms with Gasteiger partial charge in [0.25, 0.3) is 5.92 Å².